The second-order valence-electron chi connectivity index (χ2n) is 3.99. The molecule has 21 heavy (non-hydrogen) atoms. The van der Waals surface area contributed by atoms with E-state index in [9.17, 15) is 18.9 Å². The van der Waals surface area contributed by atoms with E-state index < -0.39 is 11.5 Å². The van der Waals surface area contributed by atoms with E-state index in [2.05, 4.69) is 15.0 Å². The molecule has 0 aliphatic rings. The number of rotatable bonds is 6. The molecule has 0 fully saturated rings. The van der Waals surface area contributed by atoms with E-state index in [-0.39, 0.29) is 23.7 Å². The van der Waals surface area contributed by atoms with Crippen LogP contribution in [0.5, 0.6) is 5.75 Å². The number of nitrogens with one attached hydrogen (secondary N) is 1. The zero-order chi connectivity index (χ0) is 15.2. The minimum Gasteiger partial charge on any atom is -0.432 e. The largest absolute Gasteiger partial charge is 0.432 e. The van der Waals surface area contributed by atoms with Gasteiger partial charge in [-0.1, -0.05) is 6.07 Å². The van der Waals surface area contributed by atoms with Crippen molar-refractivity contribution < 1.29 is 18.4 Å². The summed E-state index contributed by atoms with van der Waals surface area (Å²) in [5.74, 6) is -0.282. The van der Waals surface area contributed by atoms with Gasteiger partial charge in [0.1, 0.15) is 0 Å². The molecule has 0 saturated carbocycles. The van der Waals surface area contributed by atoms with Crippen LogP contribution >= 0.6 is 0 Å². The number of ether oxygens (including phenoxy) is 1. The normalized spacial score (nSPS) is 10.4. The minimum absolute atomic E-state index is 0.228. The van der Waals surface area contributed by atoms with Crippen molar-refractivity contribution in [3.8, 4) is 5.75 Å². The molecule has 0 saturated heterocycles. The summed E-state index contributed by atoms with van der Waals surface area (Å²) in [5, 5.41) is 13.5. The number of pyridine rings is 1. The van der Waals surface area contributed by atoms with E-state index in [1.54, 1.807) is 24.4 Å². The van der Waals surface area contributed by atoms with Crippen LogP contribution in [0, 0.1) is 10.1 Å². The van der Waals surface area contributed by atoms with Crippen LogP contribution in [0.1, 0.15) is 5.69 Å². The third-order valence-electron chi connectivity index (χ3n) is 2.58. The number of hydrogen-bond acceptors (Lipinski definition) is 5. The third-order valence-corrected chi connectivity index (χ3v) is 2.58. The Hall–Kier alpha value is -2.77. The average Bonchev–Trinajstić information content (AvgIpc) is 2.46. The van der Waals surface area contributed by atoms with Crippen molar-refractivity contribution in [2.75, 3.05) is 5.32 Å². The topological polar surface area (TPSA) is 77.3 Å². The fourth-order valence-corrected chi connectivity index (χ4v) is 1.65. The van der Waals surface area contributed by atoms with Crippen molar-refractivity contribution in [1.82, 2.24) is 4.98 Å². The number of nitrogens with zero attached hydrogens (tertiary/aromatic N) is 2. The molecule has 1 heterocycles. The predicted octanol–water partition coefficient (Wildman–Crippen LogP) is 3.20. The summed E-state index contributed by atoms with van der Waals surface area (Å²) >= 11 is 0. The Labute approximate surface area is 118 Å². The molecule has 8 heteroatoms. The second kappa shape index (κ2) is 6.60. The van der Waals surface area contributed by atoms with Gasteiger partial charge in [-0.2, -0.15) is 8.78 Å². The number of anilines is 1. The van der Waals surface area contributed by atoms with Crippen molar-refractivity contribution >= 4 is 11.4 Å². The summed E-state index contributed by atoms with van der Waals surface area (Å²) < 4.78 is 29.0. The highest BCUT2D eigenvalue weighted by Gasteiger charge is 2.15. The molecule has 0 aliphatic carbocycles. The summed E-state index contributed by atoms with van der Waals surface area (Å²) in [5.41, 5.74) is 0.597. The highest BCUT2D eigenvalue weighted by atomic mass is 19.3. The molecule has 1 aromatic carbocycles. The number of non-ortho nitro benzene ring substituents is 1. The zero-order valence-electron chi connectivity index (χ0n) is 10.7. The Morgan fingerprint density at radius 3 is 2.76 bits per heavy atom. The lowest BCUT2D eigenvalue weighted by atomic mass is 10.2. The van der Waals surface area contributed by atoms with Gasteiger partial charge in [0.25, 0.3) is 5.69 Å². The summed E-state index contributed by atoms with van der Waals surface area (Å²) in [6.07, 6.45) is 1.60. The molecule has 0 amide bonds. The maximum absolute atomic E-state index is 12.4. The number of nitro groups is 1. The van der Waals surface area contributed by atoms with Gasteiger partial charge in [0.15, 0.2) is 5.75 Å². The third kappa shape index (κ3) is 4.10. The van der Waals surface area contributed by atoms with Gasteiger partial charge >= 0.3 is 6.61 Å². The lowest BCUT2D eigenvalue weighted by Gasteiger charge is -2.12. The predicted molar refractivity (Wildman–Crippen MR) is 71.3 cm³/mol. The van der Waals surface area contributed by atoms with Gasteiger partial charge in [-0.05, 0) is 18.2 Å². The SMILES string of the molecule is O=[N+]([O-])c1ccc(NCc2ccccn2)c(OC(F)F)c1. The second-order valence-corrected chi connectivity index (χ2v) is 3.99. The van der Waals surface area contributed by atoms with Crippen LogP contribution in [0.3, 0.4) is 0 Å². The molecule has 2 rings (SSSR count). The molecule has 1 aromatic heterocycles. The number of nitro benzene ring substituents is 1. The van der Waals surface area contributed by atoms with E-state index >= 15 is 0 Å². The fraction of sp³-hybridized carbons (Fsp3) is 0.154. The van der Waals surface area contributed by atoms with Gasteiger partial charge in [0, 0.05) is 12.3 Å². The first-order valence-electron chi connectivity index (χ1n) is 5.93. The molecule has 0 aliphatic heterocycles. The van der Waals surface area contributed by atoms with Crippen LogP contribution in [0.15, 0.2) is 42.6 Å². The standard InChI is InChI=1S/C13H11F2N3O3/c14-13(15)21-12-7-10(18(19)20)4-5-11(12)17-8-9-3-1-2-6-16-9/h1-7,13,17H,8H2. The molecule has 0 atom stereocenters. The summed E-state index contributed by atoms with van der Waals surface area (Å²) in [6, 6.07) is 8.77. The Bertz CT molecular complexity index is 623. The smallest absolute Gasteiger partial charge is 0.387 e. The summed E-state index contributed by atoms with van der Waals surface area (Å²) in [7, 11) is 0. The summed E-state index contributed by atoms with van der Waals surface area (Å²) in [4.78, 5) is 14.1. The van der Waals surface area contributed by atoms with E-state index in [4.69, 9.17) is 0 Å². The molecule has 0 unspecified atom stereocenters. The maximum atomic E-state index is 12.4. The molecule has 6 nitrogen and oxygen atoms in total. The first kappa shape index (κ1) is 14.6. The van der Waals surface area contributed by atoms with Gasteiger partial charge in [0.2, 0.25) is 0 Å². The van der Waals surface area contributed by atoms with Crippen molar-refractivity contribution in [3.63, 3.8) is 0 Å². The quantitative estimate of drug-likeness (QED) is 0.654. The van der Waals surface area contributed by atoms with Crippen molar-refractivity contribution in [2.45, 2.75) is 13.2 Å². The Balaban J connectivity index is 2.19. The highest BCUT2D eigenvalue weighted by molar-refractivity contribution is 5.60. The Kier molecular flexibility index (Phi) is 4.60. The number of benzene rings is 1. The monoisotopic (exact) mass is 295 g/mol. The van der Waals surface area contributed by atoms with Gasteiger partial charge < -0.3 is 10.1 Å². The van der Waals surface area contributed by atoms with Crippen LogP contribution in [0.2, 0.25) is 0 Å². The maximum Gasteiger partial charge on any atom is 0.387 e. The van der Waals surface area contributed by atoms with E-state index in [1.807, 2.05) is 0 Å². The van der Waals surface area contributed by atoms with Crippen LogP contribution in [0.4, 0.5) is 20.2 Å². The number of alkyl halides is 2. The van der Waals surface area contributed by atoms with Crippen molar-refractivity contribution in [2.24, 2.45) is 0 Å². The fourth-order valence-electron chi connectivity index (χ4n) is 1.65. The molecular formula is C13H11F2N3O3. The van der Waals surface area contributed by atoms with Crippen LogP contribution < -0.4 is 10.1 Å². The van der Waals surface area contributed by atoms with Crippen LogP contribution in [-0.2, 0) is 6.54 Å². The van der Waals surface area contributed by atoms with Crippen LogP contribution in [-0.4, -0.2) is 16.5 Å². The van der Waals surface area contributed by atoms with Gasteiger partial charge in [0.05, 0.1) is 28.9 Å². The first-order chi connectivity index (χ1) is 10.1. The molecule has 1 N–H and O–H groups in total. The van der Waals surface area contributed by atoms with Crippen molar-refractivity contribution in [1.29, 1.82) is 0 Å². The highest BCUT2D eigenvalue weighted by Crippen LogP contribution is 2.30. The first-order valence-corrected chi connectivity index (χ1v) is 5.93. The lowest BCUT2D eigenvalue weighted by molar-refractivity contribution is -0.385. The van der Waals surface area contributed by atoms with Crippen molar-refractivity contribution in [3.05, 3.63) is 58.4 Å². The minimum atomic E-state index is -3.07. The lowest BCUT2D eigenvalue weighted by Crippen LogP contribution is -2.07. The molecule has 0 spiro atoms. The van der Waals surface area contributed by atoms with Gasteiger partial charge in [-0.15, -0.1) is 0 Å². The summed E-state index contributed by atoms with van der Waals surface area (Å²) in [6.45, 7) is -2.79. The van der Waals surface area contributed by atoms with E-state index in [1.165, 1.54) is 12.1 Å². The van der Waals surface area contributed by atoms with E-state index in [0.29, 0.717) is 5.69 Å². The zero-order valence-corrected chi connectivity index (χ0v) is 10.7. The molecule has 0 radical (unpaired) electrons. The molecule has 2 aromatic rings. The molecule has 110 valence electrons. The number of aromatic nitrogens is 1. The Morgan fingerprint density at radius 2 is 2.14 bits per heavy atom. The van der Waals surface area contributed by atoms with Gasteiger partial charge in [-0.3, -0.25) is 15.1 Å². The number of hydrogen-bond donors (Lipinski definition) is 1. The molecule has 0 bridgehead atoms. The number of halogens is 2. The van der Waals surface area contributed by atoms with E-state index in [0.717, 1.165) is 6.07 Å². The molecular weight excluding hydrogens is 284 g/mol. The average molecular weight is 295 g/mol. The van der Waals surface area contributed by atoms with Gasteiger partial charge in [-0.25, -0.2) is 0 Å². The Morgan fingerprint density at radius 1 is 1.33 bits per heavy atom. The van der Waals surface area contributed by atoms with Crippen LogP contribution in [0.25, 0.3) is 0 Å².